The van der Waals surface area contributed by atoms with Crippen LogP contribution in [0, 0.1) is 10.5 Å². The molecule has 19 heavy (non-hydrogen) atoms. The van der Waals surface area contributed by atoms with Crippen molar-refractivity contribution in [2.45, 2.75) is 11.8 Å². The van der Waals surface area contributed by atoms with Gasteiger partial charge in [-0.15, -0.1) is 0 Å². The van der Waals surface area contributed by atoms with Gasteiger partial charge in [-0.25, -0.2) is 0 Å². The van der Waals surface area contributed by atoms with Crippen molar-refractivity contribution in [3.05, 3.63) is 61.1 Å². The van der Waals surface area contributed by atoms with E-state index in [1.165, 1.54) is 20.3 Å². The number of methoxy groups -OCH3 is 1. The lowest BCUT2D eigenvalue weighted by molar-refractivity contribution is 0.414. The van der Waals surface area contributed by atoms with Crippen LogP contribution in [0.3, 0.4) is 0 Å². The van der Waals surface area contributed by atoms with Crippen LogP contribution in [-0.2, 0) is 0 Å². The first kappa shape index (κ1) is 15.3. The number of benzene rings is 2. The van der Waals surface area contributed by atoms with Gasteiger partial charge in [-0.1, -0.05) is 37.9 Å². The fourth-order valence-corrected chi connectivity index (χ4v) is 4.13. The molecule has 0 amide bonds. The van der Waals surface area contributed by atoms with Gasteiger partial charge in [0.2, 0.25) is 0 Å². The summed E-state index contributed by atoms with van der Waals surface area (Å²) in [6, 6.07) is 12.5. The van der Waals surface area contributed by atoms with Crippen LogP contribution in [0.15, 0.2) is 40.9 Å². The zero-order valence-electron chi connectivity index (χ0n) is 10.6. The number of halogens is 3. The lowest BCUT2D eigenvalue weighted by Gasteiger charge is -2.16. The van der Waals surface area contributed by atoms with E-state index in [4.69, 9.17) is 4.74 Å². The summed E-state index contributed by atoms with van der Waals surface area (Å²) in [6.07, 6.45) is 0. The Kier molecular flexibility index (Phi) is 5.31. The van der Waals surface area contributed by atoms with Crippen molar-refractivity contribution < 1.29 is 4.74 Å². The molecule has 2 aromatic rings. The van der Waals surface area contributed by atoms with Gasteiger partial charge in [0.1, 0.15) is 5.75 Å². The van der Waals surface area contributed by atoms with Gasteiger partial charge in [0, 0.05) is 8.04 Å². The third-order valence-corrected chi connectivity index (χ3v) is 5.36. The van der Waals surface area contributed by atoms with Crippen molar-refractivity contribution >= 4 is 54.5 Å². The topological polar surface area (TPSA) is 9.23 Å². The maximum Gasteiger partial charge on any atom is 0.119 e. The highest BCUT2D eigenvalue weighted by molar-refractivity contribution is 14.1. The SMILES string of the molecule is COc1ccc(C(Br)c2cc(I)ccc2Br)c(C)c1. The van der Waals surface area contributed by atoms with Gasteiger partial charge in [-0.05, 0) is 76.5 Å². The molecular formula is C15H13Br2IO. The van der Waals surface area contributed by atoms with Crippen molar-refractivity contribution in [2.24, 2.45) is 0 Å². The number of hydrogen-bond donors (Lipinski definition) is 0. The predicted molar refractivity (Wildman–Crippen MR) is 95.4 cm³/mol. The second kappa shape index (κ2) is 6.59. The molecule has 0 N–H and O–H groups in total. The van der Waals surface area contributed by atoms with Crippen molar-refractivity contribution in [1.29, 1.82) is 0 Å². The van der Waals surface area contributed by atoms with Crippen LogP contribution in [0.5, 0.6) is 5.75 Å². The molecule has 0 bridgehead atoms. The summed E-state index contributed by atoms with van der Waals surface area (Å²) in [5.41, 5.74) is 3.70. The van der Waals surface area contributed by atoms with Crippen LogP contribution in [-0.4, -0.2) is 7.11 Å². The molecule has 0 fully saturated rings. The number of rotatable bonds is 3. The summed E-state index contributed by atoms with van der Waals surface area (Å²) >= 11 is 9.76. The first-order valence-corrected chi connectivity index (χ1v) is 8.55. The molecular weight excluding hydrogens is 483 g/mol. The minimum absolute atomic E-state index is 0.169. The summed E-state index contributed by atoms with van der Waals surface area (Å²) in [4.78, 5) is 0.169. The van der Waals surface area contributed by atoms with Crippen LogP contribution in [0.25, 0.3) is 0 Å². The lowest BCUT2D eigenvalue weighted by atomic mass is 10.0. The highest BCUT2D eigenvalue weighted by atomic mass is 127. The number of alkyl halides is 1. The maximum atomic E-state index is 5.25. The zero-order chi connectivity index (χ0) is 14.0. The van der Waals surface area contributed by atoms with E-state index < -0.39 is 0 Å². The summed E-state index contributed by atoms with van der Waals surface area (Å²) < 4.78 is 7.60. The van der Waals surface area contributed by atoms with E-state index in [1.807, 2.05) is 6.07 Å². The number of hydrogen-bond acceptors (Lipinski definition) is 1. The van der Waals surface area contributed by atoms with Crippen molar-refractivity contribution in [3.63, 3.8) is 0 Å². The van der Waals surface area contributed by atoms with E-state index in [1.54, 1.807) is 7.11 Å². The molecule has 0 saturated carbocycles. The molecule has 0 aliphatic heterocycles. The van der Waals surface area contributed by atoms with Gasteiger partial charge >= 0.3 is 0 Å². The highest BCUT2D eigenvalue weighted by Crippen LogP contribution is 2.38. The molecule has 0 heterocycles. The molecule has 4 heteroatoms. The Morgan fingerprint density at radius 2 is 1.84 bits per heavy atom. The average molecular weight is 496 g/mol. The minimum Gasteiger partial charge on any atom is -0.497 e. The smallest absolute Gasteiger partial charge is 0.119 e. The van der Waals surface area contributed by atoms with Gasteiger partial charge in [0.25, 0.3) is 0 Å². The predicted octanol–water partition coefficient (Wildman–Crippen LogP) is 5.86. The third-order valence-electron chi connectivity index (χ3n) is 2.98. The molecule has 1 unspecified atom stereocenters. The minimum atomic E-state index is 0.169. The highest BCUT2D eigenvalue weighted by Gasteiger charge is 2.16. The molecule has 0 aromatic heterocycles. The average Bonchev–Trinajstić information content (AvgIpc) is 2.40. The molecule has 1 atom stereocenters. The summed E-state index contributed by atoms with van der Waals surface area (Å²) in [5, 5.41) is 0. The quantitative estimate of drug-likeness (QED) is 0.383. The molecule has 100 valence electrons. The van der Waals surface area contributed by atoms with E-state index in [0.29, 0.717) is 0 Å². The Balaban J connectivity index is 2.43. The second-order valence-corrected chi connectivity index (χ2v) is 7.27. The van der Waals surface area contributed by atoms with Gasteiger partial charge in [-0.3, -0.25) is 0 Å². The van der Waals surface area contributed by atoms with Gasteiger partial charge in [-0.2, -0.15) is 0 Å². The molecule has 0 spiro atoms. The Labute approximate surface area is 144 Å². The molecule has 2 rings (SSSR count). The molecule has 0 aliphatic rings. The fourth-order valence-electron chi connectivity index (χ4n) is 1.94. The van der Waals surface area contributed by atoms with E-state index in [0.717, 1.165) is 10.2 Å². The first-order chi connectivity index (χ1) is 9.02. The standard InChI is InChI=1S/C15H13Br2IO/c1-9-7-11(19-2)4-5-12(9)15(17)13-8-10(18)3-6-14(13)16/h3-8,15H,1-2H3. The molecule has 0 radical (unpaired) electrons. The van der Waals surface area contributed by atoms with E-state index in [2.05, 4.69) is 91.7 Å². The zero-order valence-corrected chi connectivity index (χ0v) is 15.9. The fraction of sp³-hybridized carbons (Fsp3) is 0.200. The van der Waals surface area contributed by atoms with Gasteiger partial charge < -0.3 is 4.74 Å². The van der Waals surface area contributed by atoms with E-state index >= 15 is 0 Å². The summed E-state index contributed by atoms with van der Waals surface area (Å²) in [6.45, 7) is 2.11. The lowest BCUT2D eigenvalue weighted by Crippen LogP contribution is -1.98. The molecule has 0 aliphatic carbocycles. The normalized spacial score (nSPS) is 12.3. The van der Waals surface area contributed by atoms with Gasteiger partial charge in [0.05, 0.1) is 11.9 Å². The Morgan fingerprint density at radius 1 is 1.11 bits per heavy atom. The van der Waals surface area contributed by atoms with Crippen LogP contribution >= 0.6 is 54.5 Å². The van der Waals surface area contributed by atoms with Crippen LogP contribution in [0.2, 0.25) is 0 Å². The largest absolute Gasteiger partial charge is 0.497 e. The molecule has 2 aromatic carbocycles. The third kappa shape index (κ3) is 3.52. The van der Waals surface area contributed by atoms with Crippen molar-refractivity contribution in [1.82, 2.24) is 0 Å². The Hall–Kier alpha value is -0.0700. The van der Waals surface area contributed by atoms with Crippen LogP contribution < -0.4 is 4.74 Å². The summed E-state index contributed by atoms with van der Waals surface area (Å²) in [7, 11) is 1.69. The maximum absolute atomic E-state index is 5.25. The van der Waals surface area contributed by atoms with Crippen LogP contribution in [0.1, 0.15) is 21.5 Å². The number of aryl methyl sites for hydroxylation is 1. The summed E-state index contributed by atoms with van der Waals surface area (Å²) in [5.74, 6) is 0.891. The van der Waals surface area contributed by atoms with Gasteiger partial charge in [0.15, 0.2) is 0 Å². The first-order valence-electron chi connectivity index (χ1n) is 5.76. The monoisotopic (exact) mass is 494 g/mol. The second-order valence-electron chi connectivity index (χ2n) is 4.25. The molecule has 1 nitrogen and oxygen atoms in total. The van der Waals surface area contributed by atoms with E-state index in [9.17, 15) is 0 Å². The number of ether oxygens (including phenoxy) is 1. The molecule has 0 saturated heterocycles. The van der Waals surface area contributed by atoms with Crippen molar-refractivity contribution in [2.75, 3.05) is 7.11 Å². The van der Waals surface area contributed by atoms with Crippen molar-refractivity contribution in [3.8, 4) is 5.75 Å². The Bertz CT molecular complexity index is 599. The van der Waals surface area contributed by atoms with Crippen LogP contribution in [0.4, 0.5) is 0 Å². The van der Waals surface area contributed by atoms with E-state index in [-0.39, 0.29) is 4.83 Å². The Morgan fingerprint density at radius 3 is 2.47 bits per heavy atom.